The summed E-state index contributed by atoms with van der Waals surface area (Å²) in [6.45, 7) is 0.855. The van der Waals surface area contributed by atoms with E-state index in [-0.39, 0.29) is 6.54 Å². The van der Waals surface area contributed by atoms with Crippen LogP contribution < -0.4 is 5.32 Å². The highest BCUT2D eigenvalue weighted by Crippen LogP contribution is 2.30. The minimum atomic E-state index is -4.40. The molecular formula is C13H14BrF3N4S2. The number of rotatable bonds is 4. The number of thiophene rings is 1. The van der Waals surface area contributed by atoms with Gasteiger partial charge in [-0.15, -0.1) is 22.7 Å². The molecule has 0 unspecified atom stereocenters. The van der Waals surface area contributed by atoms with Crippen molar-refractivity contribution in [1.82, 2.24) is 15.2 Å². The standard InChI is InChI=1S/C13H14BrF3N4S2/c1-18-12(21(2)6-8-3-4-10(14)23-8)19-5-11-20-9(7-22-11)13(15,16)17/h3-4,7H,5-6H2,1-2H3,(H,18,19). The maximum Gasteiger partial charge on any atom is 0.434 e. The van der Waals surface area contributed by atoms with Gasteiger partial charge in [-0.1, -0.05) is 0 Å². The van der Waals surface area contributed by atoms with Gasteiger partial charge >= 0.3 is 6.18 Å². The number of thiazole rings is 1. The summed E-state index contributed by atoms with van der Waals surface area (Å²) in [5.41, 5.74) is -0.855. The number of hydrogen-bond acceptors (Lipinski definition) is 4. The van der Waals surface area contributed by atoms with E-state index in [2.05, 4.69) is 31.2 Å². The van der Waals surface area contributed by atoms with Crippen LogP contribution in [0.4, 0.5) is 13.2 Å². The highest BCUT2D eigenvalue weighted by atomic mass is 79.9. The molecule has 0 radical (unpaired) electrons. The molecule has 2 rings (SSSR count). The number of nitrogens with zero attached hydrogens (tertiary/aromatic N) is 3. The second kappa shape index (κ2) is 7.63. The maximum atomic E-state index is 12.5. The number of hydrogen-bond donors (Lipinski definition) is 1. The quantitative estimate of drug-likeness (QED) is 0.588. The molecule has 2 aromatic heterocycles. The molecule has 4 nitrogen and oxygen atoms in total. The monoisotopic (exact) mass is 426 g/mol. The number of aromatic nitrogens is 1. The van der Waals surface area contributed by atoms with Crippen LogP contribution in [-0.2, 0) is 19.3 Å². The summed E-state index contributed by atoms with van der Waals surface area (Å²) in [4.78, 5) is 10.8. The van der Waals surface area contributed by atoms with Gasteiger partial charge in [0, 0.05) is 24.4 Å². The predicted octanol–water partition coefficient (Wildman–Crippen LogP) is 4.19. The summed E-state index contributed by atoms with van der Waals surface area (Å²) in [6, 6.07) is 3.98. The number of aliphatic imine (C=N–C) groups is 1. The number of guanidine groups is 1. The topological polar surface area (TPSA) is 40.5 Å². The lowest BCUT2D eigenvalue weighted by atomic mass is 10.4. The molecular weight excluding hydrogens is 413 g/mol. The minimum absolute atomic E-state index is 0.200. The Hall–Kier alpha value is -1.13. The molecule has 1 N–H and O–H groups in total. The third-order valence-corrected chi connectivity index (χ3v) is 5.29. The van der Waals surface area contributed by atoms with Crippen LogP contribution >= 0.6 is 38.6 Å². The largest absolute Gasteiger partial charge is 0.434 e. The van der Waals surface area contributed by atoms with Crippen molar-refractivity contribution in [3.63, 3.8) is 0 Å². The van der Waals surface area contributed by atoms with Crippen LogP contribution in [0.2, 0.25) is 0 Å². The van der Waals surface area contributed by atoms with Gasteiger partial charge in [0.05, 0.1) is 16.9 Å². The Labute approximate surface area is 148 Å². The van der Waals surface area contributed by atoms with E-state index in [4.69, 9.17) is 0 Å². The van der Waals surface area contributed by atoms with E-state index >= 15 is 0 Å². The second-order valence-electron chi connectivity index (χ2n) is 4.59. The summed E-state index contributed by atoms with van der Waals surface area (Å²) in [5, 5.41) is 4.41. The van der Waals surface area contributed by atoms with Crippen LogP contribution in [0.5, 0.6) is 0 Å². The van der Waals surface area contributed by atoms with Crippen LogP contribution in [0, 0.1) is 0 Å². The molecule has 2 heterocycles. The highest BCUT2D eigenvalue weighted by Gasteiger charge is 2.33. The van der Waals surface area contributed by atoms with Gasteiger partial charge in [0.2, 0.25) is 0 Å². The smallest absolute Gasteiger partial charge is 0.350 e. The molecule has 2 aromatic rings. The molecule has 23 heavy (non-hydrogen) atoms. The highest BCUT2D eigenvalue weighted by molar-refractivity contribution is 9.11. The maximum absolute atomic E-state index is 12.5. The average molecular weight is 427 g/mol. The zero-order valence-corrected chi connectivity index (χ0v) is 15.5. The summed E-state index contributed by atoms with van der Waals surface area (Å²) >= 11 is 6.01. The van der Waals surface area contributed by atoms with Gasteiger partial charge in [-0.2, -0.15) is 13.2 Å². The fourth-order valence-corrected chi connectivity index (χ4v) is 4.08. The Bertz CT molecular complexity index is 681. The molecule has 0 fully saturated rings. The van der Waals surface area contributed by atoms with Crippen molar-refractivity contribution in [3.8, 4) is 0 Å². The summed E-state index contributed by atoms with van der Waals surface area (Å²) < 4.78 is 38.6. The average Bonchev–Trinajstić information content (AvgIpc) is 3.08. The van der Waals surface area contributed by atoms with Gasteiger partial charge in [-0.25, -0.2) is 4.98 Å². The molecule has 0 aliphatic rings. The van der Waals surface area contributed by atoms with E-state index in [1.54, 1.807) is 18.4 Å². The van der Waals surface area contributed by atoms with E-state index in [1.165, 1.54) is 0 Å². The fraction of sp³-hybridized carbons (Fsp3) is 0.385. The molecule has 0 atom stereocenters. The normalized spacial score (nSPS) is 12.5. The SMILES string of the molecule is CN=C(NCc1nc(C(F)(F)F)cs1)N(C)Cc1ccc(Br)s1. The first kappa shape index (κ1) is 18.2. The Balaban J connectivity index is 1.93. The second-order valence-corrected chi connectivity index (χ2v) is 8.08. The zero-order chi connectivity index (χ0) is 17.0. The summed E-state index contributed by atoms with van der Waals surface area (Å²) in [7, 11) is 3.50. The molecule has 126 valence electrons. The molecule has 0 saturated carbocycles. The van der Waals surface area contributed by atoms with Gasteiger partial charge in [0.25, 0.3) is 0 Å². The van der Waals surface area contributed by atoms with Crippen molar-refractivity contribution >= 4 is 44.6 Å². The minimum Gasteiger partial charge on any atom is -0.350 e. The van der Waals surface area contributed by atoms with Gasteiger partial charge in [0.15, 0.2) is 11.7 Å². The van der Waals surface area contributed by atoms with Gasteiger partial charge in [0.1, 0.15) is 5.01 Å². The number of nitrogens with one attached hydrogen (secondary N) is 1. The van der Waals surface area contributed by atoms with E-state index in [9.17, 15) is 13.2 Å². The molecule has 0 aromatic carbocycles. The van der Waals surface area contributed by atoms with Crippen molar-refractivity contribution in [2.45, 2.75) is 19.3 Å². The van der Waals surface area contributed by atoms with Crippen molar-refractivity contribution < 1.29 is 13.2 Å². The molecule has 10 heteroatoms. The Morgan fingerprint density at radius 3 is 2.70 bits per heavy atom. The molecule has 0 aliphatic heterocycles. The first-order valence-electron chi connectivity index (χ1n) is 6.47. The van der Waals surface area contributed by atoms with Crippen LogP contribution in [0.1, 0.15) is 15.6 Å². The Morgan fingerprint density at radius 2 is 2.17 bits per heavy atom. The van der Waals surface area contributed by atoms with Crippen molar-refractivity contribution in [1.29, 1.82) is 0 Å². The Morgan fingerprint density at radius 1 is 1.43 bits per heavy atom. The van der Waals surface area contributed by atoms with E-state index in [0.717, 1.165) is 25.4 Å². The lowest BCUT2D eigenvalue weighted by molar-refractivity contribution is -0.140. The lowest BCUT2D eigenvalue weighted by Gasteiger charge is -2.21. The fourth-order valence-electron chi connectivity index (χ4n) is 1.81. The zero-order valence-electron chi connectivity index (χ0n) is 12.3. The Kier molecular flexibility index (Phi) is 6.04. The number of halogens is 4. The molecule has 0 saturated heterocycles. The first-order valence-corrected chi connectivity index (χ1v) is 8.96. The van der Waals surface area contributed by atoms with E-state index in [1.807, 2.05) is 24.1 Å². The van der Waals surface area contributed by atoms with Crippen molar-refractivity contribution in [2.24, 2.45) is 4.99 Å². The molecule has 0 spiro atoms. The predicted molar refractivity (Wildman–Crippen MR) is 90.8 cm³/mol. The van der Waals surface area contributed by atoms with Crippen LogP contribution in [0.15, 0.2) is 26.3 Å². The van der Waals surface area contributed by atoms with E-state index in [0.29, 0.717) is 17.5 Å². The third-order valence-electron chi connectivity index (χ3n) is 2.84. The molecule has 0 bridgehead atoms. The molecule has 0 aliphatic carbocycles. The van der Waals surface area contributed by atoms with Crippen LogP contribution in [0.3, 0.4) is 0 Å². The van der Waals surface area contributed by atoms with Crippen LogP contribution in [0.25, 0.3) is 0 Å². The summed E-state index contributed by atoms with van der Waals surface area (Å²) in [6.07, 6.45) is -4.40. The van der Waals surface area contributed by atoms with Gasteiger partial charge in [-0.3, -0.25) is 4.99 Å². The lowest BCUT2D eigenvalue weighted by Crippen LogP contribution is -2.37. The third kappa shape index (κ3) is 5.18. The molecule has 0 amide bonds. The number of alkyl halides is 3. The van der Waals surface area contributed by atoms with Gasteiger partial charge < -0.3 is 10.2 Å². The van der Waals surface area contributed by atoms with Crippen molar-refractivity contribution in [3.05, 3.63) is 36.9 Å². The van der Waals surface area contributed by atoms with E-state index < -0.39 is 11.9 Å². The van der Waals surface area contributed by atoms with Gasteiger partial charge in [-0.05, 0) is 28.1 Å². The first-order chi connectivity index (χ1) is 10.8. The van der Waals surface area contributed by atoms with Crippen LogP contribution in [-0.4, -0.2) is 29.9 Å². The van der Waals surface area contributed by atoms with Crippen molar-refractivity contribution in [2.75, 3.05) is 14.1 Å². The summed E-state index contributed by atoms with van der Waals surface area (Å²) in [5.74, 6) is 0.596.